The Balaban J connectivity index is 2.35. The van der Waals surface area contributed by atoms with Gasteiger partial charge in [0.1, 0.15) is 0 Å². The lowest BCUT2D eigenvalue weighted by Gasteiger charge is -1.98. The van der Waals surface area contributed by atoms with Crippen molar-refractivity contribution in [3.8, 4) is 17.6 Å². The molecule has 0 fully saturated rings. The van der Waals surface area contributed by atoms with Crippen LogP contribution in [-0.2, 0) is 0 Å². The van der Waals surface area contributed by atoms with Crippen molar-refractivity contribution in [1.82, 2.24) is 14.5 Å². The molecule has 0 amide bonds. The first-order valence-corrected chi connectivity index (χ1v) is 5.18. The van der Waals surface area contributed by atoms with Crippen molar-refractivity contribution in [3.05, 3.63) is 48.8 Å². The highest BCUT2D eigenvalue weighted by Gasteiger charge is 2.11. The summed E-state index contributed by atoms with van der Waals surface area (Å²) >= 11 is 0. The van der Waals surface area contributed by atoms with Gasteiger partial charge in [0.15, 0.2) is 12.0 Å². The summed E-state index contributed by atoms with van der Waals surface area (Å²) in [4.78, 5) is 8.50. The Labute approximate surface area is 97.8 Å². The molecule has 0 radical (unpaired) electrons. The van der Waals surface area contributed by atoms with Crippen LogP contribution in [0.2, 0.25) is 0 Å². The lowest BCUT2D eigenvalue weighted by molar-refractivity contribution is 1.11. The van der Waals surface area contributed by atoms with Crippen LogP contribution in [0.3, 0.4) is 0 Å². The van der Waals surface area contributed by atoms with Crippen LogP contribution in [0.15, 0.2) is 48.8 Å². The van der Waals surface area contributed by atoms with Crippen molar-refractivity contribution in [2.24, 2.45) is 0 Å². The van der Waals surface area contributed by atoms with Gasteiger partial charge in [-0.05, 0) is 24.3 Å². The number of aromatic nitrogens is 3. The van der Waals surface area contributed by atoms with E-state index in [-0.39, 0.29) is 0 Å². The highest BCUT2D eigenvalue weighted by atomic mass is 15.1. The Kier molecular flexibility index (Phi) is 2.09. The molecule has 0 aliphatic carbocycles. The maximum absolute atomic E-state index is 9.22. The average molecular weight is 220 g/mol. The van der Waals surface area contributed by atoms with Crippen molar-refractivity contribution < 1.29 is 0 Å². The van der Waals surface area contributed by atoms with E-state index >= 15 is 0 Å². The fraction of sp³-hybridized carbons (Fsp3) is 0. The van der Waals surface area contributed by atoms with Gasteiger partial charge in [0.05, 0.1) is 11.0 Å². The molecule has 2 aromatic heterocycles. The zero-order valence-corrected chi connectivity index (χ0v) is 8.91. The quantitative estimate of drug-likeness (QED) is 0.632. The van der Waals surface area contributed by atoms with E-state index in [1.54, 1.807) is 12.4 Å². The van der Waals surface area contributed by atoms with Gasteiger partial charge in [-0.15, -0.1) is 0 Å². The predicted octanol–water partition coefficient (Wildman–Crippen LogP) is 2.43. The Hall–Kier alpha value is -2.67. The molecular weight excluding hydrogens is 212 g/mol. The molecule has 0 saturated carbocycles. The highest BCUT2D eigenvalue weighted by Crippen LogP contribution is 2.22. The third-order valence-corrected chi connectivity index (χ3v) is 2.58. The monoisotopic (exact) mass is 220 g/mol. The lowest BCUT2D eigenvalue weighted by atomic mass is 10.3. The summed E-state index contributed by atoms with van der Waals surface area (Å²) in [7, 11) is 0. The van der Waals surface area contributed by atoms with E-state index in [9.17, 15) is 5.26 Å². The number of benzene rings is 1. The van der Waals surface area contributed by atoms with Gasteiger partial charge in [-0.1, -0.05) is 12.1 Å². The molecule has 80 valence electrons. The predicted molar refractivity (Wildman–Crippen MR) is 64.0 cm³/mol. The fourth-order valence-corrected chi connectivity index (χ4v) is 1.82. The Morgan fingerprint density at radius 2 is 2.00 bits per heavy atom. The zero-order chi connectivity index (χ0) is 11.7. The van der Waals surface area contributed by atoms with Crippen LogP contribution in [0.1, 0.15) is 0 Å². The molecule has 3 aromatic rings. The second-order valence-electron chi connectivity index (χ2n) is 3.60. The van der Waals surface area contributed by atoms with Crippen LogP contribution in [-0.4, -0.2) is 14.5 Å². The van der Waals surface area contributed by atoms with Gasteiger partial charge in [-0.3, -0.25) is 4.98 Å². The average Bonchev–Trinajstić information content (AvgIpc) is 2.78. The van der Waals surface area contributed by atoms with Crippen molar-refractivity contribution in [3.63, 3.8) is 0 Å². The third kappa shape index (κ3) is 1.45. The second-order valence-corrected chi connectivity index (χ2v) is 3.60. The minimum absolute atomic E-state index is 0.627. The lowest BCUT2D eigenvalue weighted by Crippen LogP contribution is -1.92. The number of nitriles is 1. The largest absolute Gasteiger partial charge is 0.264 e. The van der Waals surface area contributed by atoms with Crippen LogP contribution < -0.4 is 0 Å². The molecule has 0 aliphatic heterocycles. The number of imidazole rings is 1. The first kappa shape index (κ1) is 9.55. The van der Waals surface area contributed by atoms with Crippen molar-refractivity contribution in [2.45, 2.75) is 0 Å². The molecule has 0 atom stereocenters. The molecule has 2 heterocycles. The third-order valence-electron chi connectivity index (χ3n) is 2.58. The number of hydrogen-bond acceptors (Lipinski definition) is 3. The minimum atomic E-state index is 0.627. The molecule has 3 rings (SSSR count). The van der Waals surface area contributed by atoms with Gasteiger partial charge in [-0.2, -0.15) is 5.26 Å². The Bertz CT molecular complexity index is 707. The molecule has 4 nitrogen and oxygen atoms in total. The number of rotatable bonds is 1. The van der Waals surface area contributed by atoms with Crippen LogP contribution in [0, 0.1) is 11.5 Å². The molecule has 0 bridgehead atoms. The van der Waals surface area contributed by atoms with Crippen LogP contribution in [0.4, 0.5) is 0 Å². The maximum Gasteiger partial charge on any atom is 0.190 e. The standard InChI is InChI=1S/C13H8N4/c14-9-17-12-6-2-1-5-11(12)16-13(17)10-4-3-7-15-8-10/h1-8H. The number of para-hydroxylation sites is 2. The van der Waals surface area contributed by atoms with E-state index in [0.717, 1.165) is 16.6 Å². The summed E-state index contributed by atoms with van der Waals surface area (Å²) in [5.41, 5.74) is 2.46. The fourth-order valence-electron chi connectivity index (χ4n) is 1.82. The van der Waals surface area contributed by atoms with Crippen LogP contribution in [0.25, 0.3) is 22.4 Å². The van der Waals surface area contributed by atoms with Gasteiger partial charge < -0.3 is 0 Å². The molecule has 1 aromatic carbocycles. The normalized spacial score (nSPS) is 10.3. The summed E-state index contributed by atoms with van der Waals surface area (Å²) in [6.45, 7) is 0. The van der Waals surface area contributed by atoms with E-state index < -0.39 is 0 Å². The van der Waals surface area contributed by atoms with E-state index in [2.05, 4.69) is 16.2 Å². The summed E-state index contributed by atoms with van der Waals surface area (Å²) < 4.78 is 1.52. The SMILES string of the molecule is N#Cn1c(-c2cccnc2)nc2ccccc21. The van der Waals surface area contributed by atoms with E-state index in [4.69, 9.17) is 0 Å². The topological polar surface area (TPSA) is 54.5 Å². The van der Waals surface area contributed by atoms with Crippen molar-refractivity contribution >= 4 is 11.0 Å². The second kappa shape index (κ2) is 3.72. The zero-order valence-electron chi connectivity index (χ0n) is 8.91. The van der Waals surface area contributed by atoms with Crippen molar-refractivity contribution in [2.75, 3.05) is 0 Å². The molecule has 0 aliphatic rings. The number of fused-ring (bicyclic) bond motifs is 1. The van der Waals surface area contributed by atoms with Gasteiger partial charge in [0.2, 0.25) is 0 Å². The van der Waals surface area contributed by atoms with Crippen LogP contribution in [0.5, 0.6) is 0 Å². The highest BCUT2D eigenvalue weighted by molar-refractivity contribution is 5.81. The van der Waals surface area contributed by atoms with Gasteiger partial charge >= 0.3 is 0 Å². The van der Waals surface area contributed by atoms with Crippen molar-refractivity contribution in [1.29, 1.82) is 5.26 Å². The number of hydrogen-bond donors (Lipinski definition) is 0. The number of pyridine rings is 1. The first-order chi connectivity index (χ1) is 8.40. The minimum Gasteiger partial charge on any atom is -0.264 e. The molecule has 0 unspecified atom stereocenters. The number of nitrogens with zero attached hydrogens (tertiary/aromatic N) is 4. The maximum atomic E-state index is 9.22. The summed E-state index contributed by atoms with van der Waals surface area (Å²) in [5, 5.41) is 9.22. The summed E-state index contributed by atoms with van der Waals surface area (Å²) in [5.74, 6) is 0.627. The summed E-state index contributed by atoms with van der Waals surface area (Å²) in [6, 6.07) is 11.3. The molecule has 4 heteroatoms. The van der Waals surface area contributed by atoms with Gasteiger partial charge in [0, 0.05) is 18.0 Å². The molecule has 0 N–H and O–H groups in total. The smallest absolute Gasteiger partial charge is 0.190 e. The first-order valence-electron chi connectivity index (χ1n) is 5.18. The van der Waals surface area contributed by atoms with Gasteiger partial charge in [0.25, 0.3) is 0 Å². The molecular formula is C13H8N4. The molecule has 17 heavy (non-hydrogen) atoms. The van der Waals surface area contributed by atoms with E-state index in [1.165, 1.54) is 4.57 Å². The molecule has 0 spiro atoms. The molecule has 0 saturated heterocycles. The van der Waals surface area contributed by atoms with E-state index in [1.807, 2.05) is 36.4 Å². The van der Waals surface area contributed by atoms with E-state index in [0.29, 0.717) is 5.82 Å². The van der Waals surface area contributed by atoms with Crippen LogP contribution >= 0.6 is 0 Å². The van der Waals surface area contributed by atoms with Gasteiger partial charge in [-0.25, -0.2) is 9.55 Å². The Morgan fingerprint density at radius 1 is 1.12 bits per heavy atom. The summed E-state index contributed by atoms with van der Waals surface area (Å²) in [6.07, 6.45) is 5.54. The Morgan fingerprint density at radius 3 is 2.76 bits per heavy atom.